The SMILES string of the molecule is CCC(CC(CN)CN)c1c(F)cccc1Cl. The smallest absolute Gasteiger partial charge is 0.128 e. The van der Waals surface area contributed by atoms with Crippen LogP contribution in [0.25, 0.3) is 0 Å². The van der Waals surface area contributed by atoms with E-state index in [0.29, 0.717) is 23.7 Å². The Bertz CT molecular complexity index is 333. The number of hydrogen-bond acceptors (Lipinski definition) is 2. The summed E-state index contributed by atoms with van der Waals surface area (Å²) in [5.41, 5.74) is 11.9. The van der Waals surface area contributed by atoms with Gasteiger partial charge in [-0.3, -0.25) is 0 Å². The molecule has 0 amide bonds. The molecule has 17 heavy (non-hydrogen) atoms. The third-order valence-electron chi connectivity index (χ3n) is 3.19. The zero-order valence-corrected chi connectivity index (χ0v) is 10.9. The van der Waals surface area contributed by atoms with Gasteiger partial charge in [0.15, 0.2) is 0 Å². The van der Waals surface area contributed by atoms with Crippen LogP contribution in [0.3, 0.4) is 0 Å². The van der Waals surface area contributed by atoms with Crippen LogP contribution in [0.5, 0.6) is 0 Å². The lowest BCUT2D eigenvalue weighted by atomic mass is 9.86. The quantitative estimate of drug-likeness (QED) is 0.824. The lowest BCUT2D eigenvalue weighted by Crippen LogP contribution is -2.25. The third-order valence-corrected chi connectivity index (χ3v) is 3.51. The van der Waals surface area contributed by atoms with Crippen LogP contribution in [-0.2, 0) is 0 Å². The van der Waals surface area contributed by atoms with Crippen LogP contribution < -0.4 is 11.5 Å². The summed E-state index contributed by atoms with van der Waals surface area (Å²) in [6.45, 7) is 3.08. The van der Waals surface area contributed by atoms with Gasteiger partial charge < -0.3 is 11.5 Å². The molecule has 4 N–H and O–H groups in total. The Balaban J connectivity index is 2.93. The van der Waals surface area contributed by atoms with Crippen molar-refractivity contribution in [1.29, 1.82) is 0 Å². The number of halogens is 2. The molecule has 4 heteroatoms. The van der Waals surface area contributed by atoms with Crippen LogP contribution in [0.4, 0.5) is 4.39 Å². The van der Waals surface area contributed by atoms with Gasteiger partial charge in [0.1, 0.15) is 5.82 Å². The van der Waals surface area contributed by atoms with E-state index in [-0.39, 0.29) is 17.7 Å². The van der Waals surface area contributed by atoms with Crippen molar-refractivity contribution in [1.82, 2.24) is 0 Å². The summed E-state index contributed by atoms with van der Waals surface area (Å²) in [4.78, 5) is 0. The average Bonchev–Trinajstić information content (AvgIpc) is 2.33. The van der Waals surface area contributed by atoms with E-state index in [1.807, 2.05) is 6.92 Å². The molecule has 0 radical (unpaired) electrons. The summed E-state index contributed by atoms with van der Waals surface area (Å²) < 4.78 is 13.8. The molecule has 0 bridgehead atoms. The summed E-state index contributed by atoms with van der Waals surface area (Å²) in [6.07, 6.45) is 1.61. The largest absolute Gasteiger partial charge is 0.330 e. The Morgan fingerprint density at radius 2 is 1.94 bits per heavy atom. The van der Waals surface area contributed by atoms with Crippen molar-refractivity contribution in [3.63, 3.8) is 0 Å². The van der Waals surface area contributed by atoms with Gasteiger partial charge in [0, 0.05) is 10.6 Å². The highest BCUT2D eigenvalue weighted by Crippen LogP contribution is 2.33. The van der Waals surface area contributed by atoms with E-state index in [1.165, 1.54) is 6.07 Å². The van der Waals surface area contributed by atoms with Gasteiger partial charge in [0.2, 0.25) is 0 Å². The predicted molar refractivity (Wildman–Crippen MR) is 70.7 cm³/mol. The van der Waals surface area contributed by atoms with E-state index in [0.717, 1.165) is 12.8 Å². The first kappa shape index (κ1) is 14.4. The maximum atomic E-state index is 13.8. The molecular formula is C13H20ClFN2. The van der Waals surface area contributed by atoms with Crippen LogP contribution in [0, 0.1) is 11.7 Å². The Morgan fingerprint density at radius 3 is 2.41 bits per heavy atom. The van der Waals surface area contributed by atoms with E-state index in [1.54, 1.807) is 12.1 Å². The summed E-state index contributed by atoms with van der Waals surface area (Å²) in [7, 11) is 0. The first-order valence-electron chi connectivity index (χ1n) is 5.98. The van der Waals surface area contributed by atoms with E-state index >= 15 is 0 Å². The molecule has 0 aliphatic heterocycles. The summed E-state index contributed by atoms with van der Waals surface area (Å²) in [5.74, 6) is 0.0635. The van der Waals surface area contributed by atoms with Gasteiger partial charge in [0.25, 0.3) is 0 Å². The normalized spacial score (nSPS) is 13.1. The molecule has 0 saturated carbocycles. The Morgan fingerprint density at radius 1 is 1.29 bits per heavy atom. The van der Waals surface area contributed by atoms with Crippen molar-refractivity contribution in [2.75, 3.05) is 13.1 Å². The Hall–Kier alpha value is -0.640. The molecule has 0 spiro atoms. The molecule has 1 aromatic carbocycles. The molecule has 1 unspecified atom stereocenters. The molecule has 0 aliphatic carbocycles. The third kappa shape index (κ3) is 3.66. The fourth-order valence-electron chi connectivity index (χ4n) is 2.08. The second-order valence-corrected chi connectivity index (χ2v) is 4.72. The fourth-order valence-corrected chi connectivity index (χ4v) is 2.40. The number of hydrogen-bond donors (Lipinski definition) is 2. The van der Waals surface area contributed by atoms with Crippen molar-refractivity contribution in [3.8, 4) is 0 Å². The summed E-state index contributed by atoms with van der Waals surface area (Å²) in [6, 6.07) is 4.80. The number of rotatable bonds is 6. The van der Waals surface area contributed by atoms with Crippen molar-refractivity contribution >= 4 is 11.6 Å². The molecule has 0 heterocycles. The van der Waals surface area contributed by atoms with Gasteiger partial charge in [-0.2, -0.15) is 0 Å². The average molecular weight is 259 g/mol. The van der Waals surface area contributed by atoms with Gasteiger partial charge in [0.05, 0.1) is 0 Å². The lowest BCUT2D eigenvalue weighted by Gasteiger charge is -2.22. The molecular weight excluding hydrogens is 239 g/mol. The van der Waals surface area contributed by atoms with E-state index in [4.69, 9.17) is 23.1 Å². The van der Waals surface area contributed by atoms with Gasteiger partial charge in [-0.25, -0.2) is 4.39 Å². The first-order valence-corrected chi connectivity index (χ1v) is 6.35. The zero-order chi connectivity index (χ0) is 12.8. The fraction of sp³-hybridized carbons (Fsp3) is 0.538. The number of nitrogens with two attached hydrogens (primary N) is 2. The first-order chi connectivity index (χ1) is 8.13. The van der Waals surface area contributed by atoms with Gasteiger partial charge in [-0.15, -0.1) is 0 Å². The van der Waals surface area contributed by atoms with Crippen LogP contribution in [0.1, 0.15) is 31.2 Å². The summed E-state index contributed by atoms with van der Waals surface area (Å²) >= 11 is 6.07. The van der Waals surface area contributed by atoms with Crippen molar-refractivity contribution < 1.29 is 4.39 Å². The minimum Gasteiger partial charge on any atom is -0.330 e. The van der Waals surface area contributed by atoms with Gasteiger partial charge in [-0.05, 0) is 49.9 Å². The van der Waals surface area contributed by atoms with Crippen molar-refractivity contribution in [3.05, 3.63) is 34.6 Å². The van der Waals surface area contributed by atoms with Gasteiger partial charge in [-0.1, -0.05) is 24.6 Å². The van der Waals surface area contributed by atoms with Crippen LogP contribution in [0.2, 0.25) is 5.02 Å². The van der Waals surface area contributed by atoms with Crippen molar-refractivity contribution in [2.24, 2.45) is 17.4 Å². The summed E-state index contributed by atoms with van der Waals surface area (Å²) in [5, 5.41) is 0.490. The minimum atomic E-state index is -0.239. The van der Waals surface area contributed by atoms with Crippen LogP contribution in [-0.4, -0.2) is 13.1 Å². The van der Waals surface area contributed by atoms with Gasteiger partial charge >= 0.3 is 0 Å². The van der Waals surface area contributed by atoms with E-state index < -0.39 is 0 Å². The Labute approximate surface area is 107 Å². The minimum absolute atomic E-state index is 0.0841. The lowest BCUT2D eigenvalue weighted by molar-refractivity contribution is 0.431. The molecule has 0 saturated heterocycles. The second kappa shape index (κ2) is 6.94. The standard InChI is InChI=1S/C13H20ClFN2/c1-2-10(6-9(7-16)8-17)13-11(14)4-3-5-12(13)15/h3-5,9-10H,2,6-8,16-17H2,1H3. The van der Waals surface area contributed by atoms with E-state index in [2.05, 4.69) is 0 Å². The molecule has 0 aliphatic rings. The topological polar surface area (TPSA) is 52.0 Å². The maximum Gasteiger partial charge on any atom is 0.128 e. The maximum absolute atomic E-state index is 13.8. The molecule has 0 aromatic heterocycles. The molecule has 2 nitrogen and oxygen atoms in total. The molecule has 96 valence electrons. The molecule has 0 fully saturated rings. The molecule has 1 rings (SSSR count). The van der Waals surface area contributed by atoms with Crippen LogP contribution >= 0.6 is 11.6 Å². The number of benzene rings is 1. The Kier molecular flexibility index (Phi) is 5.89. The molecule has 1 atom stereocenters. The molecule has 1 aromatic rings. The highest BCUT2D eigenvalue weighted by Gasteiger charge is 2.20. The highest BCUT2D eigenvalue weighted by molar-refractivity contribution is 6.31. The zero-order valence-electron chi connectivity index (χ0n) is 10.1. The van der Waals surface area contributed by atoms with Crippen LogP contribution in [0.15, 0.2) is 18.2 Å². The van der Waals surface area contributed by atoms with E-state index in [9.17, 15) is 4.39 Å². The monoisotopic (exact) mass is 258 g/mol. The highest BCUT2D eigenvalue weighted by atomic mass is 35.5. The second-order valence-electron chi connectivity index (χ2n) is 4.31. The predicted octanol–water partition coefficient (Wildman–Crippen LogP) is 2.90. The van der Waals surface area contributed by atoms with Crippen molar-refractivity contribution in [2.45, 2.75) is 25.7 Å².